The summed E-state index contributed by atoms with van der Waals surface area (Å²) < 4.78 is 0. The number of hydrogen-bond acceptors (Lipinski definition) is 2. The number of carboxylic acid groups (broad SMARTS) is 1. The number of benzene rings is 1. The van der Waals surface area contributed by atoms with E-state index < -0.39 is 5.97 Å². The van der Waals surface area contributed by atoms with Gasteiger partial charge in [-0.15, -0.1) is 0 Å². The molecule has 2 N–H and O–H groups in total. The zero-order valence-electron chi connectivity index (χ0n) is 9.93. The van der Waals surface area contributed by atoms with E-state index in [1.165, 1.54) is 6.08 Å². The monoisotopic (exact) mass is 245 g/mol. The fraction of sp³-hybridized carbons (Fsp3) is 0.286. The third-order valence-electron chi connectivity index (χ3n) is 2.78. The van der Waals surface area contributed by atoms with Gasteiger partial charge in [0.15, 0.2) is 0 Å². The lowest BCUT2D eigenvalue weighted by molar-refractivity contribution is -0.131. The molecule has 1 aromatic carbocycles. The molecule has 0 aliphatic heterocycles. The maximum Gasteiger partial charge on any atom is 0.328 e. The van der Waals surface area contributed by atoms with Crippen LogP contribution in [0.25, 0.3) is 6.08 Å². The Labute approximate surface area is 105 Å². The molecule has 1 aliphatic carbocycles. The second kappa shape index (κ2) is 5.49. The summed E-state index contributed by atoms with van der Waals surface area (Å²) >= 11 is 0. The van der Waals surface area contributed by atoms with Crippen molar-refractivity contribution in [1.82, 2.24) is 5.32 Å². The van der Waals surface area contributed by atoms with E-state index in [1.807, 2.05) is 24.3 Å². The van der Waals surface area contributed by atoms with Gasteiger partial charge in [-0.25, -0.2) is 4.79 Å². The predicted molar refractivity (Wildman–Crippen MR) is 67.7 cm³/mol. The molecule has 0 aromatic heterocycles. The highest BCUT2D eigenvalue weighted by molar-refractivity contribution is 5.85. The van der Waals surface area contributed by atoms with E-state index in [1.54, 1.807) is 0 Å². The molecule has 0 radical (unpaired) electrons. The lowest BCUT2D eigenvalue weighted by atomic mass is 10.1. The lowest BCUT2D eigenvalue weighted by Crippen LogP contribution is -2.24. The summed E-state index contributed by atoms with van der Waals surface area (Å²) in [5.74, 6) is -0.649. The number of hydrogen-bond donors (Lipinski definition) is 2. The van der Waals surface area contributed by atoms with Crippen molar-refractivity contribution >= 4 is 18.0 Å². The molecule has 4 heteroatoms. The van der Waals surface area contributed by atoms with Gasteiger partial charge in [-0.3, -0.25) is 4.79 Å². The number of carbonyl (C=O) groups excluding carboxylic acids is 1. The maximum atomic E-state index is 11.5. The Morgan fingerprint density at radius 1 is 1.39 bits per heavy atom. The van der Waals surface area contributed by atoms with Gasteiger partial charge in [0.2, 0.25) is 5.91 Å². The van der Waals surface area contributed by atoms with Crippen LogP contribution in [-0.4, -0.2) is 17.0 Å². The van der Waals surface area contributed by atoms with Crippen LogP contribution in [0.5, 0.6) is 0 Å². The topological polar surface area (TPSA) is 66.4 Å². The van der Waals surface area contributed by atoms with Gasteiger partial charge < -0.3 is 10.4 Å². The van der Waals surface area contributed by atoms with Gasteiger partial charge >= 0.3 is 5.97 Å². The lowest BCUT2D eigenvalue weighted by Gasteiger charge is -2.05. The summed E-state index contributed by atoms with van der Waals surface area (Å²) in [6, 6.07) is 7.45. The van der Waals surface area contributed by atoms with Crippen molar-refractivity contribution in [2.24, 2.45) is 5.92 Å². The normalized spacial score (nSPS) is 14.7. The van der Waals surface area contributed by atoms with E-state index in [9.17, 15) is 9.59 Å². The molecule has 0 unspecified atom stereocenters. The van der Waals surface area contributed by atoms with Crippen LogP contribution in [0.2, 0.25) is 0 Å². The molecule has 1 aromatic rings. The number of amides is 1. The van der Waals surface area contributed by atoms with E-state index in [0.29, 0.717) is 6.54 Å². The molecular weight excluding hydrogens is 230 g/mol. The first-order chi connectivity index (χ1) is 8.65. The Bertz CT molecular complexity index is 490. The van der Waals surface area contributed by atoms with Gasteiger partial charge in [-0.1, -0.05) is 18.2 Å². The van der Waals surface area contributed by atoms with Crippen LogP contribution < -0.4 is 5.32 Å². The van der Waals surface area contributed by atoms with Crippen LogP contribution in [0.15, 0.2) is 30.3 Å². The molecule has 0 atom stereocenters. The molecule has 1 aliphatic rings. The summed E-state index contributed by atoms with van der Waals surface area (Å²) in [6.07, 6.45) is 4.62. The molecular formula is C14H15NO3. The Kier molecular flexibility index (Phi) is 3.77. The van der Waals surface area contributed by atoms with Crippen LogP contribution in [0.4, 0.5) is 0 Å². The van der Waals surface area contributed by atoms with Crippen LogP contribution in [0, 0.1) is 5.92 Å². The van der Waals surface area contributed by atoms with Gasteiger partial charge in [-0.2, -0.15) is 0 Å². The molecule has 0 bridgehead atoms. The molecule has 1 saturated carbocycles. The average molecular weight is 245 g/mol. The van der Waals surface area contributed by atoms with Crippen molar-refractivity contribution in [3.63, 3.8) is 0 Å². The van der Waals surface area contributed by atoms with Crippen LogP contribution >= 0.6 is 0 Å². The molecule has 0 saturated heterocycles. The smallest absolute Gasteiger partial charge is 0.328 e. The second-order valence-corrected chi connectivity index (χ2v) is 4.41. The van der Waals surface area contributed by atoms with Crippen molar-refractivity contribution in [3.8, 4) is 0 Å². The van der Waals surface area contributed by atoms with E-state index in [4.69, 9.17) is 5.11 Å². The minimum atomic E-state index is -0.970. The molecule has 0 spiro atoms. The molecule has 2 rings (SSSR count). The predicted octanol–water partition coefficient (Wildman–Crippen LogP) is 1.81. The number of carboxylic acids is 1. The zero-order chi connectivity index (χ0) is 13.0. The third kappa shape index (κ3) is 3.73. The molecule has 4 nitrogen and oxygen atoms in total. The van der Waals surface area contributed by atoms with Crippen LogP contribution in [0.1, 0.15) is 24.0 Å². The Balaban J connectivity index is 1.93. The minimum Gasteiger partial charge on any atom is -0.478 e. The van der Waals surface area contributed by atoms with Crippen molar-refractivity contribution in [2.45, 2.75) is 19.4 Å². The zero-order valence-corrected chi connectivity index (χ0v) is 9.93. The Morgan fingerprint density at radius 3 is 2.83 bits per heavy atom. The number of nitrogens with one attached hydrogen (secondary N) is 1. The van der Waals surface area contributed by atoms with Crippen molar-refractivity contribution in [2.75, 3.05) is 0 Å². The van der Waals surface area contributed by atoms with Crippen molar-refractivity contribution < 1.29 is 14.7 Å². The van der Waals surface area contributed by atoms with Crippen LogP contribution in [0.3, 0.4) is 0 Å². The highest BCUT2D eigenvalue weighted by atomic mass is 16.4. The fourth-order valence-electron chi connectivity index (χ4n) is 1.65. The average Bonchev–Trinajstić information content (AvgIpc) is 3.18. The minimum absolute atomic E-state index is 0.112. The van der Waals surface area contributed by atoms with Gasteiger partial charge in [0.25, 0.3) is 0 Å². The van der Waals surface area contributed by atoms with Gasteiger partial charge in [0.1, 0.15) is 0 Å². The summed E-state index contributed by atoms with van der Waals surface area (Å²) in [5.41, 5.74) is 1.78. The number of carbonyl (C=O) groups is 2. The number of rotatable bonds is 5. The second-order valence-electron chi connectivity index (χ2n) is 4.41. The van der Waals surface area contributed by atoms with Crippen molar-refractivity contribution in [3.05, 3.63) is 41.5 Å². The van der Waals surface area contributed by atoms with Crippen molar-refractivity contribution in [1.29, 1.82) is 0 Å². The first kappa shape index (κ1) is 12.4. The molecule has 94 valence electrons. The van der Waals surface area contributed by atoms with Gasteiger partial charge in [0, 0.05) is 18.5 Å². The van der Waals surface area contributed by atoms with E-state index >= 15 is 0 Å². The summed E-state index contributed by atoms with van der Waals surface area (Å²) in [7, 11) is 0. The summed E-state index contributed by atoms with van der Waals surface area (Å²) in [6.45, 7) is 0.490. The third-order valence-corrected chi connectivity index (χ3v) is 2.78. The SMILES string of the molecule is O=C(O)C=Cc1cccc(CNC(=O)C2CC2)c1. The highest BCUT2D eigenvalue weighted by Crippen LogP contribution is 2.28. The Hall–Kier alpha value is -2.10. The fourth-order valence-corrected chi connectivity index (χ4v) is 1.65. The Morgan fingerprint density at radius 2 is 2.17 bits per heavy atom. The quantitative estimate of drug-likeness (QED) is 0.777. The molecule has 18 heavy (non-hydrogen) atoms. The van der Waals surface area contributed by atoms with E-state index in [0.717, 1.165) is 30.0 Å². The summed E-state index contributed by atoms with van der Waals surface area (Å²) in [5, 5.41) is 11.4. The van der Waals surface area contributed by atoms with Crippen LogP contribution in [-0.2, 0) is 16.1 Å². The largest absolute Gasteiger partial charge is 0.478 e. The number of aliphatic carboxylic acids is 1. The van der Waals surface area contributed by atoms with Gasteiger partial charge in [-0.05, 0) is 36.1 Å². The highest BCUT2D eigenvalue weighted by Gasteiger charge is 2.29. The summed E-state index contributed by atoms with van der Waals surface area (Å²) in [4.78, 5) is 21.9. The molecule has 1 fully saturated rings. The van der Waals surface area contributed by atoms with E-state index in [2.05, 4.69) is 5.32 Å². The first-order valence-corrected chi connectivity index (χ1v) is 5.93. The van der Waals surface area contributed by atoms with E-state index in [-0.39, 0.29) is 11.8 Å². The standard InChI is InChI=1S/C14H15NO3/c16-13(17)7-4-10-2-1-3-11(8-10)9-15-14(18)12-5-6-12/h1-4,7-8,12H,5-6,9H2,(H,15,18)(H,16,17). The molecule has 0 heterocycles. The maximum absolute atomic E-state index is 11.5. The first-order valence-electron chi connectivity index (χ1n) is 5.93. The molecule has 1 amide bonds. The van der Waals surface area contributed by atoms with Gasteiger partial charge in [0.05, 0.1) is 0 Å².